The number of aryl methyl sites for hydroxylation is 9. The minimum atomic E-state index is -0.880. The van der Waals surface area contributed by atoms with E-state index in [0.29, 0.717) is 112 Å². The largest absolute Gasteiger partial charge is 0.493 e. The molecule has 11 atom stereocenters. The maximum atomic E-state index is 11.5. The summed E-state index contributed by atoms with van der Waals surface area (Å²) in [6.07, 6.45) is 12.4. The van der Waals surface area contributed by atoms with Gasteiger partial charge < -0.3 is 145 Å². The van der Waals surface area contributed by atoms with E-state index in [9.17, 15) is 50.8 Å². The van der Waals surface area contributed by atoms with Crippen LogP contribution in [0.3, 0.4) is 0 Å². The number of fused-ring (bicyclic) bond motifs is 8. The van der Waals surface area contributed by atoms with Gasteiger partial charge in [-0.15, -0.1) is 0 Å². The Morgan fingerprint density at radius 1 is 0.295 bits per heavy atom. The van der Waals surface area contributed by atoms with Gasteiger partial charge in [0, 0.05) is 0 Å². The molecule has 4 aliphatic heterocycles. The van der Waals surface area contributed by atoms with E-state index in [0.717, 1.165) is 85.6 Å². The predicted octanol–water partition coefficient (Wildman–Crippen LogP) is 12.2. The van der Waals surface area contributed by atoms with Gasteiger partial charge in [0.1, 0.15) is 87.4 Å². The van der Waals surface area contributed by atoms with Gasteiger partial charge in [-0.3, -0.25) is 4.79 Å². The summed E-state index contributed by atoms with van der Waals surface area (Å²) in [5, 5.41) is 155. The monoisotopic (exact) mass is 1930 g/mol. The molecule has 10 aromatic carbocycles. The molecule has 0 saturated carbocycles. The number of hydrogen-bond donors (Lipinski definition) is 18. The second-order valence-corrected chi connectivity index (χ2v) is 34.1. The van der Waals surface area contributed by atoms with Crippen LogP contribution in [0, 0.1) is 0 Å². The summed E-state index contributed by atoms with van der Waals surface area (Å²) in [6, 6.07) is 57.6. The number of esters is 1. The lowest BCUT2D eigenvalue weighted by molar-refractivity contribution is -0.150. The number of ether oxygens (including phenoxy) is 11. The van der Waals surface area contributed by atoms with Crippen molar-refractivity contribution in [1.29, 1.82) is 0 Å². The standard InChI is InChI=1S/C14H21NO2.C13H18O.C12H16O2.2C11H14O2.2C10H12O4.C10H14O4.2C9H10O4/c1-4-11-7-6-8-12(9-11)13(5-2)17-14(16)10(3)15;1-2-13(14)12-8-7-10-5-3-4-6-11(10)9-12;13-8-12(14)11-6-5-9-3-1-2-4-10(9)7-11;2*12-7-11(13)10-5-4-8-2-1-3-9(8)6-10;2*11-6-8(12)7-1-2-9-10(5-7)14-4-3-13-9;1-13-9-4-3-7(8(12)6-11)5-10(9)14-2;2*10-4-7(11)6-1-2-8-9(3-6)13-5-12-8/h6-10,13H,4-5,15H2,1-3H3;7-9,13-14H,2-6H2,1H3;5-7,12-14H,1-4,8H2;2*4-6,11-13H,1-3,7H2;2*1-2,5,8,11-12H,3-4,6H2;3-5,8,11-12H,6H2,1-2H3;2*1-3,7,10-11H,4-5H2/t10-,13?;13-;12-;2*11-;3*8-;2*7-/m0101010010/s1. The normalized spacial score (nSPS) is 16.0. The Balaban J connectivity index is 0.000000173. The summed E-state index contributed by atoms with van der Waals surface area (Å²) < 4.78 is 57.2. The van der Waals surface area contributed by atoms with Crippen LogP contribution >= 0.6 is 0 Å². The van der Waals surface area contributed by atoms with E-state index in [1.54, 1.807) is 105 Å². The first kappa shape index (κ1) is 112. The topological polar surface area (TPSA) is 489 Å². The minimum absolute atomic E-state index is 0.194. The molecule has 18 rings (SSSR count). The zero-order chi connectivity index (χ0) is 100. The van der Waals surface area contributed by atoms with Crippen molar-refractivity contribution in [3.8, 4) is 57.5 Å². The maximum absolute atomic E-state index is 11.5. The van der Waals surface area contributed by atoms with Crippen molar-refractivity contribution in [3.63, 3.8) is 0 Å². The van der Waals surface area contributed by atoms with Crippen LogP contribution in [0.25, 0.3) is 0 Å². The molecule has 756 valence electrons. The van der Waals surface area contributed by atoms with Crippen LogP contribution in [-0.4, -0.2) is 206 Å². The SMILES string of the molecule is CC[C@@H](O)c1ccc2c(c1)CCCC2.CCc1cccc(C(CC)OC(=O)[C@H](C)N)c1.COc1ccc([C@@H](O)CO)cc1OC.OC[C@@H](O)c1ccc2c(c1)CCC2.OC[C@@H](O)c1ccc2c(c1)OCCO2.OC[C@@H](O)c1ccc2c(c1)OCO2.OC[C@H](O)c1ccc2c(c1)CCC2.OC[C@H](O)c1ccc2c(c1)CCCC2.OC[C@H](O)c1ccc2c(c1)OCCO2.OC[C@H](O)c1ccc2c(c1)OCO2. The molecule has 0 amide bonds. The minimum Gasteiger partial charge on any atom is -0.493 e. The molecule has 4 aliphatic carbocycles. The predicted molar refractivity (Wildman–Crippen MR) is 523 cm³/mol. The lowest BCUT2D eigenvalue weighted by atomic mass is 9.89. The van der Waals surface area contributed by atoms with E-state index in [4.69, 9.17) is 98.7 Å². The smallest absolute Gasteiger partial charge is 0.323 e. The van der Waals surface area contributed by atoms with Crippen molar-refractivity contribution in [3.05, 3.63) is 294 Å². The first-order valence-electron chi connectivity index (χ1n) is 47.6. The van der Waals surface area contributed by atoms with Crippen molar-refractivity contribution in [2.75, 3.05) is 107 Å². The van der Waals surface area contributed by atoms with Crippen LogP contribution in [-0.2, 0) is 67.3 Å². The zero-order valence-electron chi connectivity index (χ0n) is 80.2. The molecule has 0 aromatic heterocycles. The Morgan fingerprint density at radius 3 is 0.885 bits per heavy atom. The summed E-state index contributed by atoms with van der Waals surface area (Å²) in [5.41, 5.74) is 25.7. The third-order valence-corrected chi connectivity index (χ3v) is 24.3. The Hall–Kier alpha value is -11.1. The van der Waals surface area contributed by atoms with E-state index >= 15 is 0 Å². The van der Waals surface area contributed by atoms with Gasteiger partial charge in [-0.2, -0.15) is 0 Å². The molecule has 19 N–H and O–H groups in total. The number of nitrogens with two attached hydrogens (primary N) is 1. The number of carbonyl (C=O) groups excluding carboxylic acids is 1. The summed E-state index contributed by atoms with van der Waals surface area (Å²) in [5.74, 6) is 5.99. The lowest BCUT2D eigenvalue weighted by Crippen LogP contribution is -2.29. The number of methoxy groups -OCH3 is 2. The fourth-order valence-electron chi connectivity index (χ4n) is 16.1. The number of aliphatic hydroxyl groups is 17. The van der Waals surface area contributed by atoms with Gasteiger partial charge in [0.2, 0.25) is 13.6 Å². The van der Waals surface area contributed by atoms with Gasteiger partial charge in [-0.1, -0.05) is 148 Å². The van der Waals surface area contributed by atoms with Crippen LogP contribution in [0.15, 0.2) is 188 Å². The molecular formula is C109H141NO29. The second-order valence-electron chi connectivity index (χ2n) is 34.1. The molecule has 30 heteroatoms. The molecule has 1 unspecified atom stereocenters. The zero-order valence-corrected chi connectivity index (χ0v) is 80.2. The van der Waals surface area contributed by atoms with Crippen molar-refractivity contribution in [2.45, 2.75) is 204 Å². The Bertz CT molecular complexity index is 4760. The summed E-state index contributed by atoms with van der Waals surface area (Å²) in [4.78, 5) is 11.5. The van der Waals surface area contributed by atoms with Crippen LogP contribution in [0.5, 0.6) is 57.5 Å². The number of aliphatic hydroxyl groups excluding tert-OH is 17. The first-order valence-corrected chi connectivity index (χ1v) is 47.6. The quantitative estimate of drug-likeness (QED) is 0.0236. The molecule has 0 radical (unpaired) electrons. The number of benzene rings is 10. The van der Waals surface area contributed by atoms with E-state index in [-0.39, 0.29) is 84.6 Å². The van der Waals surface area contributed by atoms with Crippen LogP contribution in [0.1, 0.15) is 246 Å². The third kappa shape index (κ3) is 33.9. The molecule has 0 saturated heterocycles. The Morgan fingerprint density at radius 2 is 0.568 bits per heavy atom. The molecule has 0 spiro atoms. The molecule has 4 heterocycles. The van der Waals surface area contributed by atoms with E-state index in [1.807, 2.05) is 62.4 Å². The highest BCUT2D eigenvalue weighted by atomic mass is 16.7. The number of carbonyl (C=O) groups is 1. The summed E-state index contributed by atoms with van der Waals surface area (Å²) in [6.45, 7) is 8.26. The molecular weight excluding hydrogens is 1790 g/mol. The molecule has 0 fully saturated rings. The average Bonchev–Trinajstić information content (AvgIpc) is 1.46. The van der Waals surface area contributed by atoms with Crippen molar-refractivity contribution in [2.24, 2.45) is 5.73 Å². The van der Waals surface area contributed by atoms with Crippen molar-refractivity contribution in [1.82, 2.24) is 0 Å². The third-order valence-electron chi connectivity index (χ3n) is 24.3. The first-order chi connectivity index (χ1) is 67.3. The highest BCUT2D eigenvalue weighted by molar-refractivity contribution is 5.75. The van der Waals surface area contributed by atoms with Crippen LogP contribution in [0.4, 0.5) is 0 Å². The van der Waals surface area contributed by atoms with Crippen LogP contribution in [0.2, 0.25) is 0 Å². The molecule has 10 aromatic rings. The Labute approximate surface area is 813 Å². The van der Waals surface area contributed by atoms with Gasteiger partial charge in [0.15, 0.2) is 57.5 Å². The van der Waals surface area contributed by atoms with E-state index < -0.39 is 54.9 Å². The second kappa shape index (κ2) is 58.9. The van der Waals surface area contributed by atoms with Gasteiger partial charge in [0.25, 0.3) is 0 Å². The molecule has 139 heavy (non-hydrogen) atoms. The van der Waals surface area contributed by atoms with Crippen molar-refractivity contribution < 1.29 is 144 Å². The highest BCUT2D eigenvalue weighted by Crippen LogP contribution is 2.40. The van der Waals surface area contributed by atoms with E-state index in [1.165, 1.54) is 109 Å². The lowest BCUT2D eigenvalue weighted by Gasteiger charge is -2.19. The van der Waals surface area contributed by atoms with Gasteiger partial charge >= 0.3 is 5.97 Å². The fourth-order valence-corrected chi connectivity index (χ4v) is 16.1. The van der Waals surface area contributed by atoms with Crippen molar-refractivity contribution >= 4 is 5.97 Å². The maximum Gasteiger partial charge on any atom is 0.323 e. The highest BCUT2D eigenvalue weighted by Gasteiger charge is 2.25. The van der Waals surface area contributed by atoms with Gasteiger partial charge in [-0.25, -0.2) is 0 Å². The van der Waals surface area contributed by atoms with Gasteiger partial charge in [0.05, 0.1) is 73.2 Å². The molecule has 0 bridgehead atoms. The van der Waals surface area contributed by atoms with E-state index in [2.05, 4.69) is 55.5 Å². The van der Waals surface area contributed by atoms with Gasteiger partial charge in [-0.05, 0) is 282 Å². The summed E-state index contributed by atoms with van der Waals surface area (Å²) in [7, 11) is 3.06. The Kier molecular flexibility index (Phi) is 47.3. The fraction of sp³-hybridized carbons (Fsp3) is 0.440. The number of hydrogen-bond acceptors (Lipinski definition) is 30. The number of rotatable bonds is 25. The molecule has 30 nitrogen and oxygen atoms in total. The average molecular weight is 1930 g/mol. The van der Waals surface area contributed by atoms with Crippen LogP contribution < -0.4 is 53.1 Å². The molecule has 8 aliphatic rings. The summed E-state index contributed by atoms with van der Waals surface area (Å²) >= 11 is 0.